The molecule has 5 heteroatoms. The fraction of sp³-hybridized carbons (Fsp3) is 0.438. The molecule has 21 heavy (non-hydrogen) atoms. The van der Waals surface area contributed by atoms with Crippen LogP contribution in [-0.2, 0) is 13.0 Å². The Labute approximate surface area is 134 Å². The zero-order valence-electron chi connectivity index (χ0n) is 13.0. The Bertz CT molecular complexity index is 635. The first-order valence-electron chi connectivity index (χ1n) is 7.16. The summed E-state index contributed by atoms with van der Waals surface area (Å²) < 4.78 is 8.38. The van der Waals surface area contributed by atoms with Crippen molar-refractivity contribution in [3.63, 3.8) is 0 Å². The fourth-order valence-corrected chi connectivity index (χ4v) is 2.80. The fourth-order valence-electron chi connectivity index (χ4n) is 2.36. The van der Waals surface area contributed by atoms with Gasteiger partial charge in [0.05, 0.1) is 7.11 Å². The SMILES string of the molecule is CCc1nc(-c2cc(OC)ccc2Br)c(N)n1CC(C)C. The number of nitrogens with two attached hydrogens (primary N) is 1. The number of ether oxygens (including phenoxy) is 1. The van der Waals surface area contributed by atoms with Crippen LogP contribution in [0, 0.1) is 5.92 Å². The minimum atomic E-state index is 0.522. The van der Waals surface area contributed by atoms with Gasteiger partial charge in [-0.2, -0.15) is 0 Å². The van der Waals surface area contributed by atoms with Crippen molar-refractivity contribution in [3.05, 3.63) is 28.5 Å². The number of nitrogens with zero attached hydrogens (tertiary/aromatic N) is 2. The molecular weight excluding hydrogens is 330 g/mol. The molecule has 0 aliphatic rings. The molecule has 0 aliphatic carbocycles. The highest BCUT2D eigenvalue weighted by atomic mass is 79.9. The summed E-state index contributed by atoms with van der Waals surface area (Å²) in [6.45, 7) is 7.34. The second kappa shape index (κ2) is 6.52. The molecule has 0 spiro atoms. The number of aromatic nitrogens is 2. The summed E-state index contributed by atoms with van der Waals surface area (Å²) in [7, 11) is 1.66. The number of halogens is 1. The van der Waals surface area contributed by atoms with E-state index in [0.717, 1.165) is 46.1 Å². The van der Waals surface area contributed by atoms with E-state index in [9.17, 15) is 0 Å². The van der Waals surface area contributed by atoms with Gasteiger partial charge in [-0.1, -0.05) is 36.7 Å². The molecule has 4 nitrogen and oxygen atoms in total. The highest BCUT2D eigenvalue weighted by Gasteiger charge is 2.18. The summed E-state index contributed by atoms with van der Waals surface area (Å²) in [6, 6.07) is 5.83. The van der Waals surface area contributed by atoms with Gasteiger partial charge in [0.15, 0.2) is 0 Å². The Morgan fingerprint density at radius 1 is 1.38 bits per heavy atom. The van der Waals surface area contributed by atoms with E-state index in [-0.39, 0.29) is 0 Å². The number of methoxy groups -OCH3 is 1. The average molecular weight is 352 g/mol. The Kier molecular flexibility index (Phi) is 4.93. The molecule has 1 heterocycles. The van der Waals surface area contributed by atoms with Crippen LogP contribution < -0.4 is 10.5 Å². The first-order valence-corrected chi connectivity index (χ1v) is 7.96. The van der Waals surface area contributed by atoms with Gasteiger partial charge in [-0.15, -0.1) is 0 Å². The molecule has 1 aromatic heterocycles. The predicted octanol–water partition coefficient (Wildman–Crippen LogP) is 4.12. The molecule has 0 bridgehead atoms. The maximum absolute atomic E-state index is 6.36. The normalized spacial score (nSPS) is 11.1. The Balaban J connectivity index is 2.57. The number of anilines is 1. The Hall–Kier alpha value is -1.49. The molecule has 0 amide bonds. The van der Waals surface area contributed by atoms with Gasteiger partial charge in [-0.3, -0.25) is 0 Å². The van der Waals surface area contributed by atoms with Gasteiger partial charge < -0.3 is 15.0 Å². The van der Waals surface area contributed by atoms with Crippen molar-refractivity contribution in [2.24, 2.45) is 5.92 Å². The number of nitrogen functional groups attached to an aromatic ring is 1. The summed E-state index contributed by atoms with van der Waals surface area (Å²) in [5.41, 5.74) is 8.14. The van der Waals surface area contributed by atoms with E-state index in [4.69, 9.17) is 15.5 Å². The van der Waals surface area contributed by atoms with Crippen LogP contribution in [0.3, 0.4) is 0 Å². The van der Waals surface area contributed by atoms with Crippen molar-refractivity contribution in [2.75, 3.05) is 12.8 Å². The molecule has 2 N–H and O–H groups in total. The van der Waals surface area contributed by atoms with Crippen LogP contribution in [0.5, 0.6) is 5.75 Å². The molecule has 0 unspecified atom stereocenters. The lowest BCUT2D eigenvalue weighted by molar-refractivity contribution is 0.415. The van der Waals surface area contributed by atoms with E-state index < -0.39 is 0 Å². The van der Waals surface area contributed by atoms with Gasteiger partial charge in [-0.25, -0.2) is 4.98 Å². The zero-order valence-corrected chi connectivity index (χ0v) is 14.6. The van der Waals surface area contributed by atoms with Gasteiger partial charge in [0.2, 0.25) is 0 Å². The third-order valence-electron chi connectivity index (χ3n) is 3.38. The molecule has 0 saturated heterocycles. The lowest BCUT2D eigenvalue weighted by Gasteiger charge is -2.11. The average Bonchev–Trinajstić information content (AvgIpc) is 2.76. The number of hydrogen-bond acceptors (Lipinski definition) is 3. The summed E-state index contributed by atoms with van der Waals surface area (Å²) in [6.07, 6.45) is 0.860. The molecule has 0 radical (unpaired) electrons. The van der Waals surface area contributed by atoms with E-state index in [0.29, 0.717) is 5.92 Å². The highest BCUT2D eigenvalue weighted by Crippen LogP contribution is 2.35. The van der Waals surface area contributed by atoms with Crippen molar-refractivity contribution >= 4 is 21.7 Å². The predicted molar refractivity (Wildman–Crippen MR) is 90.5 cm³/mol. The second-order valence-corrected chi connectivity index (χ2v) is 6.32. The smallest absolute Gasteiger partial charge is 0.131 e. The van der Waals surface area contributed by atoms with Crippen LogP contribution in [0.1, 0.15) is 26.6 Å². The molecule has 1 aromatic carbocycles. The quantitative estimate of drug-likeness (QED) is 0.881. The number of hydrogen-bond donors (Lipinski definition) is 1. The van der Waals surface area contributed by atoms with Crippen LogP contribution in [0.25, 0.3) is 11.3 Å². The van der Waals surface area contributed by atoms with E-state index in [1.807, 2.05) is 18.2 Å². The van der Waals surface area contributed by atoms with Crippen molar-refractivity contribution in [1.29, 1.82) is 0 Å². The standard InChI is InChI=1S/C16H22BrN3O/c1-5-14-19-15(16(18)20(14)9-10(2)3)12-8-11(21-4)6-7-13(12)17/h6-8,10H,5,9,18H2,1-4H3. The largest absolute Gasteiger partial charge is 0.497 e. The van der Waals surface area contributed by atoms with E-state index >= 15 is 0 Å². The van der Waals surface area contributed by atoms with Gasteiger partial charge in [0.1, 0.15) is 23.1 Å². The van der Waals surface area contributed by atoms with Crippen molar-refractivity contribution in [2.45, 2.75) is 33.7 Å². The van der Waals surface area contributed by atoms with Crippen molar-refractivity contribution in [3.8, 4) is 17.0 Å². The molecule has 0 atom stereocenters. The topological polar surface area (TPSA) is 53.1 Å². The third kappa shape index (κ3) is 3.23. The second-order valence-electron chi connectivity index (χ2n) is 5.47. The lowest BCUT2D eigenvalue weighted by atomic mass is 10.1. The van der Waals surface area contributed by atoms with E-state index in [1.165, 1.54) is 0 Å². The van der Waals surface area contributed by atoms with Crippen LogP contribution in [-0.4, -0.2) is 16.7 Å². The first kappa shape index (κ1) is 15.9. The van der Waals surface area contributed by atoms with Crippen molar-refractivity contribution in [1.82, 2.24) is 9.55 Å². The number of imidazole rings is 1. The summed E-state index contributed by atoms with van der Waals surface area (Å²) >= 11 is 3.58. The van der Waals surface area contributed by atoms with Crippen molar-refractivity contribution < 1.29 is 4.74 Å². The maximum atomic E-state index is 6.36. The molecule has 0 fully saturated rings. The van der Waals surface area contributed by atoms with Crippen LogP contribution in [0.2, 0.25) is 0 Å². The summed E-state index contributed by atoms with van der Waals surface area (Å²) in [5.74, 6) is 3.05. The van der Waals surface area contributed by atoms with Crippen LogP contribution in [0.15, 0.2) is 22.7 Å². The first-order chi connectivity index (χ1) is 9.97. The van der Waals surface area contributed by atoms with Gasteiger partial charge in [0.25, 0.3) is 0 Å². The number of benzene rings is 1. The molecule has 114 valence electrons. The molecule has 0 aliphatic heterocycles. The molecule has 2 aromatic rings. The minimum absolute atomic E-state index is 0.522. The van der Waals surface area contributed by atoms with Gasteiger partial charge in [-0.05, 0) is 24.1 Å². The Morgan fingerprint density at radius 2 is 2.10 bits per heavy atom. The van der Waals surface area contributed by atoms with E-state index in [2.05, 4.69) is 41.3 Å². The van der Waals surface area contributed by atoms with Crippen LogP contribution in [0.4, 0.5) is 5.82 Å². The van der Waals surface area contributed by atoms with Gasteiger partial charge in [0, 0.05) is 23.0 Å². The Morgan fingerprint density at radius 3 is 2.67 bits per heavy atom. The molecule has 0 saturated carbocycles. The maximum Gasteiger partial charge on any atom is 0.131 e. The highest BCUT2D eigenvalue weighted by molar-refractivity contribution is 9.10. The third-order valence-corrected chi connectivity index (χ3v) is 4.07. The van der Waals surface area contributed by atoms with Gasteiger partial charge >= 0.3 is 0 Å². The molecule has 2 rings (SSSR count). The number of rotatable bonds is 5. The zero-order chi connectivity index (χ0) is 15.6. The van der Waals surface area contributed by atoms with E-state index in [1.54, 1.807) is 7.11 Å². The lowest BCUT2D eigenvalue weighted by Crippen LogP contribution is -2.11. The minimum Gasteiger partial charge on any atom is -0.497 e. The summed E-state index contributed by atoms with van der Waals surface area (Å²) in [4.78, 5) is 4.74. The number of aryl methyl sites for hydroxylation is 1. The van der Waals surface area contributed by atoms with Crippen LogP contribution >= 0.6 is 15.9 Å². The summed E-state index contributed by atoms with van der Waals surface area (Å²) in [5, 5.41) is 0. The molecular formula is C16H22BrN3O. The monoisotopic (exact) mass is 351 g/mol.